The van der Waals surface area contributed by atoms with E-state index in [1.807, 2.05) is 0 Å². The Bertz CT molecular complexity index is 262. The predicted octanol–water partition coefficient (Wildman–Crippen LogP) is 1.54. The van der Waals surface area contributed by atoms with Gasteiger partial charge in [0.1, 0.15) is 0 Å². The molecule has 0 aromatic carbocycles. The van der Waals surface area contributed by atoms with Crippen molar-refractivity contribution in [3.63, 3.8) is 0 Å². The van der Waals surface area contributed by atoms with Crippen molar-refractivity contribution in [2.24, 2.45) is 5.92 Å². The minimum atomic E-state index is 0.737. The Balaban J connectivity index is 1.44. The second-order valence-electron chi connectivity index (χ2n) is 6.69. The summed E-state index contributed by atoms with van der Waals surface area (Å²) in [4.78, 5) is 5.48. The Labute approximate surface area is 112 Å². The first kappa shape index (κ1) is 12.9. The van der Waals surface area contributed by atoms with Crippen LogP contribution in [-0.4, -0.2) is 61.2 Å². The molecule has 1 N–H and O–H groups in total. The van der Waals surface area contributed by atoms with Crippen LogP contribution in [0, 0.1) is 5.92 Å². The van der Waals surface area contributed by atoms with E-state index in [4.69, 9.17) is 0 Å². The van der Waals surface area contributed by atoms with Crippen molar-refractivity contribution in [3.8, 4) is 0 Å². The molecule has 0 aromatic rings. The van der Waals surface area contributed by atoms with Gasteiger partial charge in [-0.25, -0.2) is 0 Å². The Morgan fingerprint density at radius 3 is 2.72 bits per heavy atom. The molecule has 3 aliphatic rings. The number of piperidine rings is 1. The molecular formula is C15H29N3. The van der Waals surface area contributed by atoms with E-state index in [-0.39, 0.29) is 0 Å². The molecule has 18 heavy (non-hydrogen) atoms. The molecule has 0 spiro atoms. The lowest BCUT2D eigenvalue weighted by atomic mass is 9.93. The van der Waals surface area contributed by atoms with E-state index in [0.29, 0.717) is 0 Å². The summed E-state index contributed by atoms with van der Waals surface area (Å²) in [6.07, 6.45) is 7.05. The summed E-state index contributed by atoms with van der Waals surface area (Å²) in [6, 6.07) is 1.62. The van der Waals surface area contributed by atoms with Crippen LogP contribution in [0.3, 0.4) is 0 Å². The first-order valence-corrected chi connectivity index (χ1v) is 8.01. The van der Waals surface area contributed by atoms with Gasteiger partial charge in [-0.15, -0.1) is 0 Å². The van der Waals surface area contributed by atoms with Gasteiger partial charge < -0.3 is 10.2 Å². The van der Waals surface area contributed by atoms with Gasteiger partial charge in [0, 0.05) is 25.2 Å². The molecule has 0 saturated carbocycles. The number of nitrogens with one attached hydrogen (secondary N) is 1. The van der Waals surface area contributed by atoms with Crippen molar-refractivity contribution in [2.45, 2.75) is 51.1 Å². The van der Waals surface area contributed by atoms with Gasteiger partial charge in [-0.05, 0) is 71.1 Å². The monoisotopic (exact) mass is 251 g/mol. The zero-order valence-corrected chi connectivity index (χ0v) is 11.9. The topological polar surface area (TPSA) is 18.5 Å². The Morgan fingerprint density at radius 2 is 1.94 bits per heavy atom. The number of rotatable bonds is 3. The van der Waals surface area contributed by atoms with E-state index < -0.39 is 0 Å². The number of hydrogen-bond acceptors (Lipinski definition) is 3. The van der Waals surface area contributed by atoms with Crippen LogP contribution in [0.4, 0.5) is 0 Å². The van der Waals surface area contributed by atoms with E-state index in [1.54, 1.807) is 0 Å². The van der Waals surface area contributed by atoms with Crippen LogP contribution < -0.4 is 5.32 Å². The largest absolute Gasteiger partial charge is 0.314 e. The molecule has 3 heterocycles. The highest BCUT2D eigenvalue weighted by Gasteiger charge is 2.30. The summed E-state index contributed by atoms with van der Waals surface area (Å²) in [6.45, 7) is 10.3. The summed E-state index contributed by atoms with van der Waals surface area (Å²) < 4.78 is 0. The van der Waals surface area contributed by atoms with Crippen molar-refractivity contribution in [1.82, 2.24) is 15.1 Å². The predicted molar refractivity (Wildman–Crippen MR) is 75.8 cm³/mol. The average Bonchev–Trinajstić information content (AvgIpc) is 2.98. The van der Waals surface area contributed by atoms with Crippen LogP contribution in [-0.2, 0) is 0 Å². The Kier molecular flexibility index (Phi) is 4.22. The molecule has 0 amide bonds. The summed E-state index contributed by atoms with van der Waals surface area (Å²) in [7, 11) is 0. The smallest absolute Gasteiger partial charge is 0.0235 e. The highest BCUT2D eigenvalue weighted by Crippen LogP contribution is 2.23. The third-order valence-corrected chi connectivity index (χ3v) is 5.15. The third-order valence-electron chi connectivity index (χ3n) is 5.15. The summed E-state index contributed by atoms with van der Waals surface area (Å²) in [5.74, 6) is 0.943. The van der Waals surface area contributed by atoms with Crippen LogP contribution in [0.2, 0.25) is 0 Å². The average molecular weight is 251 g/mol. The number of nitrogens with zero attached hydrogens (tertiary/aromatic N) is 2. The molecular weight excluding hydrogens is 222 g/mol. The zero-order chi connectivity index (χ0) is 12.4. The summed E-state index contributed by atoms with van der Waals surface area (Å²) in [5.41, 5.74) is 0. The van der Waals surface area contributed by atoms with Gasteiger partial charge in [0.15, 0.2) is 0 Å². The van der Waals surface area contributed by atoms with Gasteiger partial charge in [-0.1, -0.05) is 0 Å². The molecule has 3 rings (SSSR count). The molecule has 0 aliphatic carbocycles. The van der Waals surface area contributed by atoms with Crippen molar-refractivity contribution in [3.05, 3.63) is 0 Å². The van der Waals surface area contributed by atoms with Gasteiger partial charge in [-0.2, -0.15) is 0 Å². The van der Waals surface area contributed by atoms with Crippen molar-refractivity contribution in [2.75, 3.05) is 39.3 Å². The quantitative estimate of drug-likeness (QED) is 0.821. The van der Waals surface area contributed by atoms with E-state index >= 15 is 0 Å². The zero-order valence-electron chi connectivity index (χ0n) is 11.9. The third kappa shape index (κ3) is 3.06. The number of likely N-dealkylation sites (tertiary alicyclic amines) is 2. The normalized spacial score (nSPS) is 39.5. The molecule has 3 heteroatoms. The van der Waals surface area contributed by atoms with Gasteiger partial charge in [0.05, 0.1) is 0 Å². The van der Waals surface area contributed by atoms with E-state index in [2.05, 4.69) is 22.0 Å². The van der Waals surface area contributed by atoms with Crippen molar-refractivity contribution < 1.29 is 0 Å². The maximum atomic E-state index is 3.56. The highest BCUT2D eigenvalue weighted by molar-refractivity contribution is 4.87. The minimum Gasteiger partial charge on any atom is -0.314 e. The van der Waals surface area contributed by atoms with Crippen molar-refractivity contribution in [1.29, 1.82) is 0 Å². The maximum Gasteiger partial charge on any atom is 0.0235 e. The van der Waals surface area contributed by atoms with Gasteiger partial charge in [0.2, 0.25) is 0 Å². The summed E-state index contributed by atoms with van der Waals surface area (Å²) >= 11 is 0. The first-order chi connectivity index (χ1) is 8.81. The lowest BCUT2D eigenvalue weighted by molar-refractivity contribution is 0.195. The molecule has 3 nitrogen and oxygen atoms in total. The van der Waals surface area contributed by atoms with E-state index in [0.717, 1.165) is 18.0 Å². The number of hydrogen-bond donors (Lipinski definition) is 1. The van der Waals surface area contributed by atoms with Gasteiger partial charge in [0.25, 0.3) is 0 Å². The van der Waals surface area contributed by atoms with Crippen LogP contribution in [0.25, 0.3) is 0 Å². The van der Waals surface area contributed by atoms with Crippen LogP contribution >= 0.6 is 0 Å². The van der Waals surface area contributed by atoms with Crippen molar-refractivity contribution >= 4 is 0 Å². The van der Waals surface area contributed by atoms with E-state index in [9.17, 15) is 0 Å². The minimum absolute atomic E-state index is 0.737. The second kappa shape index (κ2) is 5.89. The highest BCUT2D eigenvalue weighted by atomic mass is 15.3. The lowest BCUT2D eigenvalue weighted by Gasteiger charge is -2.31. The van der Waals surface area contributed by atoms with Gasteiger partial charge in [-0.3, -0.25) is 4.90 Å². The SMILES string of the molecule is CC1CC(CN2CCC(N3CCCC3)C2)CCN1. The molecule has 0 aromatic heterocycles. The van der Waals surface area contributed by atoms with E-state index in [1.165, 1.54) is 71.4 Å². The fourth-order valence-corrected chi connectivity index (χ4v) is 4.15. The molecule has 0 radical (unpaired) electrons. The fourth-order valence-electron chi connectivity index (χ4n) is 4.15. The lowest BCUT2D eigenvalue weighted by Crippen LogP contribution is -2.41. The Morgan fingerprint density at radius 1 is 1.11 bits per heavy atom. The van der Waals surface area contributed by atoms with Crippen LogP contribution in [0.1, 0.15) is 39.0 Å². The molecule has 3 fully saturated rings. The molecule has 0 bridgehead atoms. The standard InChI is InChI=1S/C15H29N3/c1-13-10-14(4-6-16-13)11-17-9-5-15(12-17)18-7-2-3-8-18/h13-16H,2-12H2,1H3. The van der Waals surface area contributed by atoms with Crippen LogP contribution in [0.15, 0.2) is 0 Å². The molecule has 3 unspecified atom stereocenters. The molecule has 3 atom stereocenters. The van der Waals surface area contributed by atoms with Crippen LogP contribution in [0.5, 0.6) is 0 Å². The van der Waals surface area contributed by atoms with Gasteiger partial charge >= 0.3 is 0 Å². The Hall–Kier alpha value is -0.120. The fraction of sp³-hybridized carbons (Fsp3) is 1.00. The summed E-state index contributed by atoms with van der Waals surface area (Å²) in [5, 5.41) is 3.56. The molecule has 104 valence electrons. The maximum absolute atomic E-state index is 3.56. The second-order valence-corrected chi connectivity index (χ2v) is 6.69. The first-order valence-electron chi connectivity index (χ1n) is 8.01. The molecule has 3 aliphatic heterocycles. The molecule has 3 saturated heterocycles.